The lowest BCUT2D eigenvalue weighted by Crippen LogP contribution is -2.24. The minimum absolute atomic E-state index is 0.0515. The quantitative estimate of drug-likeness (QED) is 0.341. The normalized spacial score (nSPS) is 19.3. The third-order valence-electron chi connectivity index (χ3n) is 5.37. The van der Waals surface area contributed by atoms with E-state index in [2.05, 4.69) is 38.7 Å². The van der Waals surface area contributed by atoms with Gasteiger partial charge in [0.15, 0.2) is 0 Å². The van der Waals surface area contributed by atoms with Crippen molar-refractivity contribution in [1.29, 1.82) is 0 Å². The molecule has 148 valence electrons. The molecule has 0 heterocycles. The number of thiocarbonyl (C=S) groups is 1. The summed E-state index contributed by atoms with van der Waals surface area (Å²) in [5.74, 6) is 1.29. The predicted molar refractivity (Wildman–Crippen MR) is 118 cm³/mol. The molecule has 0 unspecified atom stereocenters. The SMILES string of the molecule is C=C(C)[C@@H]1CCC(C)=C[C@H]1c1c(O)cc(CCCCC)cc1OC(=S)NC. The highest BCUT2D eigenvalue weighted by Crippen LogP contribution is 2.47. The first-order valence-electron chi connectivity index (χ1n) is 9.95. The first kappa shape index (κ1) is 21.5. The van der Waals surface area contributed by atoms with Gasteiger partial charge in [-0.1, -0.05) is 43.6 Å². The number of benzene rings is 1. The summed E-state index contributed by atoms with van der Waals surface area (Å²) < 4.78 is 5.94. The lowest BCUT2D eigenvalue weighted by Gasteiger charge is -2.32. The highest BCUT2D eigenvalue weighted by atomic mass is 32.1. The second-order valence-corrected chi connectivity index (χ2v) is 8.02. The zero-order chi connectivity index (χ0) is 20.0. The zero-order valence-electron chi connectivity index (χ0n) is 17.1. The van der Waals surface area contributed by atoms with Gasteiger partial charge in [-0.05, 0) is 75.4 Å². The molecule has 0 radical (unpaired) electrons. The van der Waals surface area contributed by atoms with Crippen LogP contribution in [0.2, 0.25) is 0 Å². The molecule has 3 nitrogen and oxygen atoms in total. The van der Waals surface area contributed by atoms with Gasteiger partial charge in [0.25, 0.3) is 5.17 Å². The van der Waals surface area contributed by atoms with Crippen LogP contribution in [0.4, 0.5) is 0 Å². The summed E-state index contributed by atoms with van der Waals surface area (Å²) in [6, 6.07) is 3.94. The summed E-state index contributed by atoms with van der Waals surface area (Å²) in [7, 11) is 1.74. The van der Waals surface area contributed by atoms with Gasteiger partial charge in [-0.15, -0.1) is 0 Å². The van der Waals surface area contributed by atoms with Crippen molar-refractivity contribution < 1.29 is 9.84 Å². The maximum Gasteiger partial charge on any atom is 0.261 e. The van der Waals surface area contributed by atoms with Crippen LogP contribution in [0.3, 0.4) is 0 Å². The summed E-state index contributed by atoms with van der Waals surface area (Å²) >= 11 is 5.25. The van der Waals surface area contributed by atoms with Crippen molar-refractivity contribution in [2.75, 3.05) is 7.05 Å². The van der Waals surface area contributed by atoms with E-state index in [-0.39, 0.29) is 11.8 Å². The molecule has 4 heteroatoms. The number of rotatable bonds is 7. The molecule has 0 aromatic heterocycles. The van der Waals surface area contributed by atoms with Crippen LogP contribution in [0.25, 0.3) is 0 Å². The van der Waals surface area contributed by atoms with Crippen LogP contribution < -0.4 is 10.1 Å². The molecular formula is C23H33NO2S. The Kier molecular flexibility index (Phi) is 7.91. The Hall–Kier alpha value is -1.81. The molecule has 2 atom stereocenters. The van der Waals surface area contributed by atoms with Crippen LogP contribution in [0.15, 0.2) is 35.9 Å². The average molecular weight is 388 g/mol. The van der Waals surface area contributed by atoms with Gasteiger partial charge in [-0.3, -0.25) is 0 Å². The Morgan fingerprint density at radius 1 is 1.37 bits per heavy atom. The number of phenols is 1. The zero-order valence-corrected chi connectivity index (χ0v) is 17.9. The minimum atomic E-state index is 0.0515. The maximum absolute atomic E-state index is 10.9. The molecule has 0 fully saturated rings. The number of allylic oxidation sites excluding steroid dienone is 3. The molecular weight excluding hydrogens is 354 g/mol. The van der Waals surface area contributed by atoms with Gasteiger partial charge in [-0.2, -0.15) is 0 Å². The molecule has 2 N–H and O–H groups in total. The Labute approximate surface area is 169 Å². The first-order chi connectivity index (χ1) is 12.9. The highest BCUT2D eigenvalue weighted by Gasteiger charge is 2.31. The van der Waals surface area contributed by atoms with Crippen molar-refractivity contribution in [1.82, 2.24) is 5.32 Å². The number of unbranched alkanes of at least 4 members (excludes halogenated alkanes) is 2. The number of nitrogens with one attached hydrogen (secondary N) is 1. The van der Waals surface area contributed by atoms with Crippen molar-refractivity contribution in [2.45, 2.75) is 65.2 Å². The molecule has 0 saturated carbocycles. The van der Waals surface area contributed by atoms with E-state index in [1.807, 2.05) is 12.1 Å². The van der Waals surface area contributed by atoms with E-state index in [9.17, 15) is 5.11 Å². The van der Waals surface area contributed by atoms with Gasteiger partial charge in [-0.25, -0.2) is 0 Å². The van der Waals surface area contributed by atoms with E-state index in [1.165, 1.54) is 18.4 Å². The largest absolute Gasteiger partial charge is 0.507 e. The fraction of sp³-hybridized carbons (Fsp3) is 0.522. The molecule has 0 bridgehead atoms. The summed E-state index contributed by atoms with van der Waals surface area (Å²) in [4.78, 5) is 0. The molecule has 0 saturated heterocycles. The van der Waals surface area contributed by atoms with Gasteiger partial charge in [0, 0.05) is 18.5 Å². The summed E-state index contributed by atoms with van der Waals surface area (Å²) in [5, 5.41) is 14.1. The standard InChI is InChI=1S/C23H33NO2S/c1-6-7-8-9-17-13-20(25)22(21(14-17)26-23(27)24-5)19-12-16(4)10-11-18(19)15(2)3/h12-14,18-19,25H,2,6-11H2,1,3-5H3,(H,24,27)/t18-,19+/m0/s1. The van der Waals surface area contributed by atoms with Crippen molar-refractivity contribution in [3.63, 3.8) is 0 Å². The van der Waals surface area contributed by atoms with Crippen LogP contribution in [-0.4, -0.2) is 17.3 Å². The van der Waals surface area contributed by atoms with Crippen LogP contribution >= 0.6 is 12.2 Å². The van der Waals surface area contributed by atoms with Crippen LogP contribution in [0.5, 0.6) is 11.5 Å². The van der Waals surface area contributed by atoms with Crippen molar-refractivity contribution in [2.24, 2.45) is 5.92 Å². The predicted octanol–water partition coefficient (Wildman–Crippen LogP) is 6.02. The van der Waals surface area contributed by atoms with E-state index in [0.717, 1.165) is 42.4 Å². The topological polar surface area (TPSA) is 41.5 Å². The molecule has 0 amide bonds. The fourth-order valence-corrected chi connectivity index (χ4v) is 3.96. The molecule has 1 aliphatic rings. The van der Waals surface area contributed by atoms with Crippen molar-refractivity contribution >= 4 is 17.4 Å². The Balaban J connectivity index is 2.50. The number of aryl methyl sites for hydroxylation is 1. The van der Waals surface area contributed by atoms with E-state index in [1.54, 1.807) is 7.05 Å². The Bertz CT molecular complexity index is 723. The maximum atomic E-state index is 10.9. The van der Waals surface area contributed by atoms with Gasteiger partial charge in [0.05, 0.1) is 0 Å². The molecule has 0 aliphatic heterocycles. The number of hydrogen-bond donors (Lipinski definition) is 2. The van der Waals surface area contributed by atoms with Crippen molar-refractivity contribution in [3.05, 3.63) is 47.1 Å². The molecule has 0 spiro atoms. The van der Waals surface area contributed by atoms with E-state index >= 15 is 0 Å². The number of phenolic OH excluding ortho intramolecular Hbond substituents is 1. The van der Waals surface area contributed by atoms with E-state index in [0.29, 0.717) is 16.7 Å². The summed E-state index contributed by atoms with van der Waals surface area (Å²) in [6.45, 7) is 10.6. The highest BCUT2D eigenvalue weighted by molar-refractivity contribution is 7.80. The smallest absolute Gasteiger partial charge is 0.261 e. The average Bonchev–Trinajstić information content (AvgIpc) is 2.61. The summed E-state index contributed by atoms with van der Waals surface area (Å²) in [6.07, 6.45) is 8.73. The Morgan fingerprint density at radius 3 is 2.74 bits per heavy atom. The van der Waals surface area contributed by atoms with Gasteiger partial charge in [0.2, 0.25) is 0 Å². The van der Waals surface area contributed by atoms with Gasteiger partial charge < -0.3 is 15.2 Å². The second kappa shape index (κ2) is 9.93. The molecule has 1 aromatic rings. The van der Waals surface area contributed by atoms with Crippen LogP contribution in [-0.2, 0) is 6.42 Å². The fourth-order valence-electron chi connectivity index (χ4n) is 3.87. The van der Waals surface area contributed by atoms with Gasteiger partial charge in [0.1, 0.15) is 11.5 Å². The lowest BCUT2D eigenvalue weighted by molar-refractivity contribution is 0.421. The van der Waals surface area contributed by atoms with E-state index < -0.39 is 0 Å². The van der Waals surface area contributed by atoms with Crippen molar-refractivity contribution in [3.8, 4) is 11.5 Å². The first-order valence-corrected chi connectivity index (χ1v) is 10.4. The van der Waals surface area contributed by atoms with Crippen LogP contribution in [0.1, 0.15) is 69.9 Å². The third kappa shape index (κ3) is 5.58. The molecule has 1 aromatic carbocycles. The second-order valence-electron chi connectivity index (χ2n) is 7.65. The molecule has 2 rings (SSSR count). The van der Waals surface area contributed by atoms with Crippen LogP contribution in [0, 0.1) is 5.92 Å². The molecule has 27 heavy (non-hydrogen) atoms. The number of aromatic hydroxyl groups is 1. The van der Waals surface area contributed by atoms with Gasteiger partial charge >= 0.3 is 0 Å². The van der Waals surface area contributed by atoms with E-state index in [4.69, 9.17) is 17.0 Å². The number of hydrogen-bond acceptors (Lipinski definition) is 3. The Morgan fingerprint density at radius 2 is 2.11 bits per heavy atom. The lowest BCUT2D eigenvalue weighted by atomic mass is 9.73. The number of ether oxygens (including phenoxy) is 1. The monoisotopic (exact) mass is 387 g/mol. The third-order valence-corrected chi connectivity index (χ3v) is 5.66. The molecule has 1 aliphatic carbocycles. The summed E-state index contributed by atoms with van der Waals surface area (Å²) in [5.41, 5.74) is 4.38. The minimum Gasteiger partial charge on any atom is -0.507 e.